The van der Waals surface area contributed by atoms with Crippen molar-refractivity contribution in [3.05, 3.63) is 80.0 Å². The van der Waals surface area contributed by atoms with E-state index in [1.165, 1.54) is 12.1 Å². The summed E-state index contributed by atoms with van der Waals surface area (Å²) in [5.41, 5.74) is 1.41. The van der Waals surface area contributed by atoms with Gasteiger partial charge in [-0.25, -0.2) is 4.39 Å². The van der Waals surface area contributed by atoms with Gasteiger partial charge in [-0.3, -0.25) is 4.99 Å². The fraction of sp³-hybridized carbons (Fsp3) is 0.125. The first kappa shape index (κ1) is 17.6. The molecule has 0 bridgehead atoms. The Labute approximate surface area is 151 Å². The maximum atomic E-state index is 13.1. The SMILES string of the molecule is Cc1cccc(-n2nc([N+](=O)[O-])c(=NCc3ccc(F)cc3Cl)n2O)c1. The molecule has 0 fully saturated rings. The maximum absolute atomic E-state index is 13.1. The van der Waals surface area contributed by atoms with Crippen molar-refractivity contribution in [2.75, 3.05) is 0 Å². The molecule has 0 aliphatic carbocycles. The van der Waals surface area contributed by atoms with E-state index < -0.39 is 16.6 Å². The molecule has 0 spiro atoms. The summed E-state index contributed by atoms with van der Waals surface area (Å²) in [6.45, 7) is 1.74. The van der Waals surface area contributed by atoms with E-state index in [-0.39, 0.29) is 17.1 Å². The second kappa shape index (κ2) is 6.96. The van der Waals surface area contributed by atoms with E-state index in [4.69, 9.17) is 11.6 Å². The van der Waals surface area contributed by atoms with E-state index in [0.717, 1.165) is 16.4 Å². The van der Waals surface area contributed by atoms with Crippen LogP contribution in [0.2, 0.25) is 5.02 Å². The molecule has 2 aromatic carbocycles. The first-order valence-electron chi connectivity index (χ1n) is 7.44. The van der Waals surface area contributed by atoms with Crippen LogP contribution in [-0.2, 0) is 6.54 Å². The zero-order valence-corrected chi connectivity index (χ0v) is 14.3. The molecular formula is C16H13ClFN5O3. The van der Waals surface area contributed by atoms with Gasteiger partial charge in [0.25, 0.3) is 5.49 Å². The van der Waals surface area contributed by atoms with Crippen molar-refractivity contribution in [2.24, 2.45) is 4.99 Å². The van der Waals surface area contributed by atoms with Crippen LogP contribution in [0, 0.1) is 22.9 Å². The molecule has 0 atom stereocenters. The Morgan fingerprint density at radius 2 is 2.12 bits per heavy atom. The Balaban J connectivity index is 2.10. The fourth-order valence-corrected chi connectivity index (χ4v) is 2.56. The third kappa shape index (κ3) is 3.42. The average molecular weight is 378 g/mol. The first-order valence-corrected chi connectivity index (χ1v) is 7.82. The van der Waals surface area contributed by atoms with Gasteiger partial charge < -0.3 is 15.3 Å². The van der Waals surface area contributed by atoms with Crippen molar-refractivity contribution in [1.29, 1.82) is 0 Å². The molecule has 1 heterocycles. The maximum Gasteiger partial charge on any atom is 0.438 e. The van der Waals surface area contributed by atoms with E-state index in [2.05, 4.69) is 10.1 Å². The molecule has 0 saturated carbocycles. The molecule has 3 aromatic rings. The minimum atomic E-state index is -0.746. The summed E-state index contributed by atoms with van der Waals surface area (Å²) in [6, 6.07) is 10.6. The van der Waals surface area contributed by atoms with Gasteiger partial charge in [-0.05, 0) is 52.0 Å². The number of benzene rings is 2. The largest absolute Gasteiger partial charge is 0.438 e. The van der Waals surface area contributed by atoms with E-state index in [9.17, 15) is 19.7 Å². The first-order chi connectivity index (χ1) is 12.4. The number of aryl methyl sites for hydroxylation is 1. The highest BCUT2D eigenvalue weighted by molar-refractivity contribution is 6.31. The van der Waals surface area contributed by atoms with E-state index in [0.29, 0.717) is 16.1 Å². The second-order valence-electron chi connectivity index (χ2n) is 5.47. The Morgan fingerprint density at radius 3 is 2.77 bits per heavy atom. The summed E-state index contributed by atoms with van der Waals surface area (Å²) in [5, 5.41) is 25.5. The summed E-state index contributed by atoms with van der Waals surface area (Å²) in [4.78, 5) is 16.0. The molecule has 0 aliphatic rings. The van der Waals surface area contributed by atoms with Gasteiger partial charge >= 0.3 is 5.82 Å². The molecule has 0 radical (unpaired) electrons. The molecule has 0 unspecified atom stereocenters. The van der Waals surface area contributed by atoms with Crippen molar-refractivity contribution in [3.63, 3.8) is 0 Å². The average Bonchev–Trinajstić information content (AvgIpc) is 2.91. The highest BCUT2D eigenvalue weighted by Crippen LogP contribution is 2.18. The predicted molar refractivity (Wildman–Crippen MR) is 90.8 cm³/mol. The normalized spacial score (nSPS) is 11.7. The van der Waals surface area contributed by atoms with Crippen LogP contribution < -0.4 is 5.49 Å². The van der Waals surface area contributed by atoms with Crippen LogP contribution in [0.15, 0.2) is 47.5 Å². The van der Waals surface area contributed by atoms with Crippen LogP contribution in [0.5, 0.6) is 0 Å². The van der Waals surface area contributed by atoms with Gasteiger partial charge in [-0.1, -0.05) is 34.6 Å². The zero-order valence-electron chi connectivity index (χ0n) is 13.5. The summed E-state index contributed by atoms with van der Waals surface area (Å²) in [5.74, 6) is -1.12. The number of hydrogen-bond acceptors (Lipinski definition) is 5. The smallest absolute Gasteiger partial charge is 0.409 e. The highest BCUT2D eigenvalue weighted by Gasteiger charge is 2.24. The van der Waals surface area contributed by atoms with Crippen LogP contribution in [0.25, 0.3) is 5.69 Å². The quantitative estimate of drug-likeness (QED) is 0.429. The Morgan fingerprint density at radius 1 is 1.35 bits per heavy atom. The van der Waals surface area contributed by atoms with Crippen LogP contribution in [0.1, 0.15) is 11.1 Å². The Kier molecular flexibility index (Phi) is 4.72. The lowest BCUT2D eigenvalue weighted by Crippen LogP contribution is -2.22. The van der Waals surface area contributed by atoms with Crippen molar-refractivity contribution < 1.29 is 14.5 Å². The summed E-state index contributed by atoms with van der Waals surface area (Å²) < 4.78 is 13.1. The van der Waals surface area contributed by atoms with Gasteiger partial charge in [-0.15, -0.1) is 0 Å². The highest BCUT2D eigenvalue weighted by atomic mass is 35.5. The standard InChI is InChI=1S/C16H13ClFN5O3/c1-10-3-2-4-13(7-10)21-20-16(23(25)26)15(22(21)24)19-9-11-5-6-12(18)8-14(11)17/h2-8,24H,9H2,1H3. The Hall–Kier alpha value is -3.20. The molecule has 1 N–H and O–H groups in total. The predicted octanol–water partition coefficient (Wildman–Crippen LogP) is 3.02. The fourth-order valence-electron chi connectivity index (χ4n) is 2.34. The van der Waals surface area contributed by atoms with Gasteiger partial charge in [0, 0.05) is 5.02 Å². The van der Waals surface area contributed by atoms with Gasteiger partial charge in [-0.2, -0.15) is 0 Å². The van der Waals surface area contributed by atoms with Crippen LogP contribution in [0.3, 0.4) is 0 Å². The molecule has 26 heavy (non-hydrogen) atoms. The number of hydrogen-bond donors (Lipinski definition) is 1. The number of halogens is 2. The van der Waals surface area contributed by atoms with E-state index in [1.807, 2.05) is 13.0 Å². The summed E-state index contributed by atoms with van der Waals surface area (Å²) in [6.07, 6.45) is 0. The lowest BCUT2D eigenvalue weighted by atomic mass is 10.2. The minimum Gasteiger partial charge on any atom is -0.409 e. The second-order valence-corrected chi connectivity index (χ2v) is 5.88. The van der Waals surface area contributed by atoms with Gasteiger partial charge in [0.2, 0.25) is 0 Å². The molecular weight excluding hydrogens is 365 g/mol. The number of aromatic nitrogens is 3. The van der Waals surface area contributed by atoms with Crippen molar-refractivity contribution in [1.82, 2.24) is 14.7 Å². The molecule has 3 rings (SSSR count). The van der Waals surface area contributed by atoms with Crippen LogP contribution in [0.4, 0.5) is 10.2 Å². The van der Waals surface area contributed by atoms with Crippen LogP contribution >= 0.6 is 11.6 Å². The van der Waals surface area contributed by atoms with Gasteiger partial charge in [0.05, 0.1) is 11.6 Å². The summed E-state index contributed by atoms with van der Waals surface area (Å²) >= 11 is 5.93. The number of rotatable bonds is 4. The lowest BCUT2D eigenvalue weighted by Gasteiger charge is -2.01. The van der Waals surface area contributed by atoms with Crippen molar-refractivity contribution >= 4 is 17.4 Å². The van der Waals surface area contributed by atoms with E-state index >= 15 is 0 Å². The molecule has 0 aliphatic heterocycles. The molecule has 1 aromatic heterocycles. The van der Waals surface area contributed by atoms with Crippen molar-refractivity contribution in [3.8, 4) is 5.69 Å². The topological polar surface area (TPSA) is 98.5 Å². The third-order valence-corrected chi connectivity index (χ3v) is 3.93. The van der Waals surface area contributed by atoms with Crippen molar-refractivity contribution in [2.45, 2.75) is 13.5 Å². The third-order valence-electron chi connectivity index (χ3n) is 3.58. The number of nitro groups is 1. The van der Waals surface area contributed by atoms with Gasteiger partial charge in [0.1, 0.15) is 11.5 Å². The monoisotopic (exact) mass is 377 g/mol. The molecule has 8 nitrogen and oxygen atoms in total. The van der Waals surface area contributed by atoms with Gasteiger partial charge in [0.15, 0.2) is 0 Å². The minimum absolute atomic E-state index is 0.0972. The van der Waals surface area contributed by atoms with Crippen LogP contribution in [-0.4, -0.2) is 24.9 Å². The molecule has 0 saturated heterocycles. The Bertz CT molecular complexity index is 1060. The van der Waals surface area contributed by atoms with E-state index in [1.54, 1.807) is 18.2 Å². The molecule has 134 valence electrons. The molecule has 10 heteroatoms. The summed E-state index contributed by atoms with van der Waals surface area (Å²) in [7, 11) is 0. The number of nitrogens with zero attached hydrogens (tertiary/aromatic N) is 5. The lowest BCUT2D eigenvalue weighted by molar-refractivity contribution is -0.391. The zero-order chi connectivity index (χ0) is 18.8. The molecule has 0 amide bonds.